The van der Waals surface area contributed by atoms with Crippen molar-refractivity contribution >= 4 is 5.91 Å². The van der Waals surface area contributed by atoms with Crippen LogP contribution in [-0.4, -0.2) is 38.5 Å². The van der Waals surface area contributed by atoms with E-state index in [0.29, 0.717) is 12.6 Å². The van der Waals surface area contributed by atoms with E-state index in [-0.39, 0.29) is 11.4 Å². The molecule has 1 unspecified atom stereocenters. The Hall–Kier alpha value is -1.36. The van der Waals surface area contributed by atoms with E-state index in [0.717, 1.165) is 44.5 Å². The molecule has 1 N–H and O–H groups in total. The van der Waals surface area contributed by atoms with Crippen LogP contribution in [0.5, 0.6) is 0 Å². The molecule has 20 heavy (non-hydrogen) atoms. The van der Waals surface area contributed by atoms with E-state index in [1.54, 1.807) is 6.20 Å². The van der Waals surface area contributed by atoms with Gasteiger partial charge in [0.1, 0.15) is 5.82 Å². The number of hydrogen-bond donors (Lipinski definition) is 1. The molecule has 1 aromatic rings. The number of aryl methyl sites for hydroxylation is 1. The zero-order chi connectivity index (χ0) is 14.2. The maximum atomic E-state index is 13.0. The fourth-order valence-electron chi connectivity index (χ4n) is 3.17. The molecule has 1 saturated carbocycles. The Morgan fingerprint density at radius 1 is 1.60 bits per heavy atom. The summed E-state index contributed by atoms with van der Waals surface area (Å²) in [5.41, 5.74) is -0.326. The molecule has 2 aliphatic rings. The summed E-state index contributed by atoms with van der Waals surface area (Å²) >= 11 is 0. The van der Waals surface area contributed by atoms with Gasteiger partial charge in [-0.3, -0.25) is 4.79 Å². The van der Waals surface area contributed by atoms with Crippen molar-refractivity contribution in [1.29, 1.82) is 0 Å². The standard InChI is InChI=1S/C15H24N4O/c1-3-15(7-4-8-17-15)14(20)19(12-5-6-12)11-13-16-9-10-18(13)2/h9-10,12,17H,3-8,11H2,1-2H3. The Morgan fingerprint density at radius 2 is 2.40 bits per heavy atom. The minimum absolute atomic E-state index is 0.281. The molecular weight excluding hydrogens is 252 g/mol. The van der Waals surface area contributed by atoms with Crippen molar-refractivity contribution < 1.29 is 4.79 Å². The number of imidazole rings is 1. The van der Waals surface area contributed by atoms with Crippen molar-refractivity contribution in [2.24, 2.45) is 7.05 Å². The molecule has 5 nitrogen and oxygen atoms in total. The number of hydrogen-bond acceptors (Lipinski definition) is 3. The van der Waals surface area contributed by atoms with Crippen LogP contribution in [-0.2, 0) is 18.4 Å². The van der Waals surface area contributed by atoms with Gasteiger partial charge in [0.25, 0.3) is 0 Å². The van der Waals surface area contributed by atoms with E-state index in [4.69, 9.17) is 0 Å². The highest BCUT2D eigenvalue weighted by molar-refractivity contribution is 5.87. The third-order valence-electron chi connectivity index (χ3n) is 4.74. The quantitative estimate of drug-likeness (QED) is 0.885. The molecule has 5 heteroatoms. The van der Waals surface area contributed by atoms with Crippen molar-refractivity contribution in [2.45, 2.75) is 57.2 Å². The van der Waals surface area contributed by atoms with Crippen LogP contribution in [0.2, 0.25) is 0 Å². The van der Waals surface area contributed by atoms with Gasteiger partial charge in [-0.2, -0.15) is 0 Å². The summed E-state index contributed by atoms with van der Waals surface area (Å²) in [4.78, 5) is 19.5. The topological polar surface area (TPSA) is 50.2 Å². The largest absolute Gasteiger partial charge is 0.337 e. The van der Waals surface area contributed by atoms with E-state index in [9.17, 15) is 4.79 Å². The smallest absolute Gasteiger partial charge is 0.243 e. The number of amides is 1. The van der Waals surface area contributed by atoms with Gasteiger partial charge < -0.3 is 14.8 Å². The first kappa shape index (κ1) is 13.6. The summed E-state index contributed by atoms with van der Waals surface area (Å²) < 4.78 is 2.00. The van der Waals surface area contributed by atoms with Crippen LogP contribution >= 0.6 is 0 Å². The number of carbonyl (C=O) groups is 1. The fraction of sp³-hybridized carbons (Fsp3) is 0.733. The summed E-state index contributed by atoms with van der Waals surface area (Å²) in [7, 11) is 1.99. The summed E-state index contributed by atoms with van der Waals surface area (Å²) in [6.07, 6.45) is 8.94. The summed E-state index contributed by atoms with van der Waals surface area (Å²) in [5.74, 6) is 1.25. The van der Waals surface area contributed by atoms with E-state index in [1.807, 2.05) is 17.8 Å². The van der Waals surface area contributed by atoms with Gasteiger partial charge in [-0.15, -0.1) is 0 Å². The van der Waals surface area contributed by atoms with Crippen molar-refractivity contribution in [1.82, 2.24) is 19.8 Å². The predicted octanol–water partition coefficient (Wildman–Crippen LogP) is 1.44. The molecule has 0 radical (unpaired) electrons. The summed E-state index contributed by atoms with van der Waals surface area (Å²) in [6.45, 7) is 3.71. The third kappa shape index (κ3) is 2.35. The molecule has 2 fully saturated rings. The molecule has 1 amide bonds. The number of nitrogens with one attached hydrogen (secondary N) is 1. The maximum Gasteiger partial charge on any atom is 0.243 e. The second-order valence-electron chi connectivity index (χ2n) is 6.08. The molecule has 1 aromatic heterocycles. The van der Waals surface area contributed by atoms with Crippen molar-refractivity contribution in [3.63, 3.8) is 0 Å². The average Bonchev–Trinajstić information content (AvgIpc) is 3.03. The Morgan fingerprint density at radius 3 is 2.90 bits per heavy atom. The monoisotopic (exact) mass is 276 g/mol. The SMILES string of the molecule is CCC1(C(=O)N(Cc2nccn2C)C2CC2)CCCN1. The van der Waals surface area contributed by atoms with E-state index >= 15 is 0 Å². The van der Waals surface area contributed by atoms with Crippen LogP contribution in [0.3, 0.4) is 0 Å². The Balaban J connectivity index is 1.80. The third-order valence-corrected chi connectivity index (χ3v) is 4.74. The van der Waals surface area contributed by atoms with Gasteiger partial charge in [0.05, 0.1) is 12.1 Å². The first-order valence-corrected chi connectivity index (χ1v) is 7.68. The number of nitrogens with zero attached hydrogens (tertiary/aromatic N) is 3. The molecular formula is C15H24N4O. The van der Waals surface area contributed by atoms with Crippen molar-refractivity contribution in [3.05, 3.63) is 18.2 Å². The minimum atomic E-state index is -0.326. The van der Waals surface area contributed by atoms with Crippen LogP contribution in [0.15, 0.2) is 12.4 Å². The number of aromatic nitrogens is 2. The van der Waals surface area contributed by atoms with Gasteiger partial charge in [0.15, 0.2) is 0 Å². The summed E-state index contributed by atoms with van der Waals surface area (Å²) in [6, 6.07) is 0.421. The lowest BCUT2D eigenvalue weighted by Gasteiger charge is -2.34. The van der Waals surface area contributed by atoms with Gasteiger partial charge in [0.2, 0.25) is 5.91 Å². The molecule has 1 aliphatic heterocycles. The fourth-order valence-corrected chi connectivity index (χ4v) is 3.17. The predicted molar refractivity (Wildman–Crippen MR) is 77.0 cm³/mol. The average molecular weight is 276 g/mol. The molecule has 0 spiro atoms. The highest BCUT2D eigenvalue weighted by Crippen LogP contribution is 2.33. The number of rotatable bonds is 5. The van der Waals surface area contributed by atoms with Crippen LogP contribution < -0.4 is 5.32 Å². The molecule has 110 valence electrons. The van der Waals surface area contributed by atoms with Gasteiger partial charge >= 0.3 is 0 Å². The molecule has 1 saturated heterocycles. The molecule has 0 bridgehead atoms. The number of carbonyl (C=O) groups excluding carboxylic acids is 1. The normalized spacial score (nSPS) is 25.9. The van der Waals surface area contributed by atoms with E-state index in [1.165, 1.54) is 0 Å². The zero-order valence-corrected chi connectivity index (χ0v) is 12.4. The maximum absolute atomic E-state index is 13.0. The molecule has 3 rings (SSSR count). The van der Waals surface area contributed by atoms with Crippen molar-refractivity contribution in [2.75, 3.05) is 6.54 Å². The highest BCUT2D eigenvalue weighted by Gasteiger charge is 2.45. The lowest BCUT2D eigenvalue weighted by molar-refractivity contribution is -0.139. The Kier molecular flexibility index (Phi) is 3.54. The summed E-state index contributed by atoms with van der Waals surface area (Å²) in [5, 5.41) is 3.46. The lowest BCUT2D eigenvalue weighted by atomic mass is 9.92. The van der Waals surface area contributed by atoms with Gasteiger partial charge in [-0.1, -0.05) is 6.92 Å². The second-order valence-corrected chi connectivity index (χ2v) is 6.08. The lowest BCUT2D eigenvalue weighted by Crippen LogP contribution is -2.55. The van der Waals surface area contributed by atoms with Gasteiger partial charge in [0, 0.05) is 25.5 Å². The van der Waals surface area contributed by atoms with Gasteiger partial charge in [-0.05, 0) is 38.6 Å². The highest BCUT2D eigenvalue weighted by atomic mass is 16.2. The van der Waals surface area contributed by atoms with Crippen molar-refractivity contribution in [3.8, 4) is 0 Å². The molecule has 0 aromatic carbocycles. The second kappa shape index (κ2) is 5.20. The minimum Gasteiger partial charge on any atom is -0.337 e. The Bertz CT molecular complexity index is 486. The van der Waals surface area contributed by atoms with Gasteiger partial charge in [-0.25, -0.2) is 4.98 Å². The molecule has 1 aliphatic carbocycles. The first-order chi connectivity index (χ1) is 9.66. The Labute approximate surface area is 120 Å². The zero-order valence-electron chi connectivity index (χ0n) is 12.4. The first-order valence-electron chi connectivity index (χ1n) is 7.68. The van der Waals surface area contributed by atoms with Crippen LogP contribution in [0, 0.1) is 0 Å². The van der Waals surface area contributed by atoms with Crippen LogP contribution in [0.25, 0.3) is 0 Å². The van der Waals surface area contributed by atoms with E-state index < -0.39 is 0 Å². The van der Waals surface area contributed by atoms with Crippen LogP contribution in [0.4, 0.5) is 0 Å². The molecule has 2 heterocycles. The van der Waals surface area contributed by atoms with E-state index in [2.05, 4.69) is 22.1 Å². The van der Waals surface area contributed by atoms with Crippen LogP contribution in [0.1, 0.15) is 44.9 Å². The molecule has 1 atom stereocenters.